The molecule has 122 valence electrons. The topological polar surface area (TPSA) is 63.2 Å². The molecule has 0 fully saturated rings. The molecule has 0 saturated heterocycles. The van der Waals surface area contributed by atoms with Gasteiger partial charge in [0.25, 0.3) is 0 Å². The van der Waals surface area contributed by atoms with Crippen LogP contribution in [0.4, 0.5) is 5.69 Å². The van der Waals surface area contributed by atoms with Crippen molar-refractivity contribution in [2.75, 3.05) is 5.32 Å². The lowest BCUT2D eigenvalue weighted by molar-refractivity contribution is -0.115. The Bertz CT molecular complexity index is 801. The van der Waals surface area contributed by atoms with Crippen LogP contribution in [0.1, 0.15) is 18.1 Å². The number of carbonyl (C=O) groups excluding carboxylic acids is 1. The van der Waals surface area contributed by atoms with Crippen molar-refractivity contribution < 1.29 is 13.2 Å². The Labute approximate surface area is 141 Å². The van der Waals surface area contributed by atoms with Crippen LogP contribution < -0.4 is 5.32 Å². The van der Waals surface area contributed by atoms with Crippen LogP contribution in [0.2, 0.25) is 5.02 Å². The molecule has 0 unspecified atom stereocenters. The number of nitrogens with one attached hydrogen (secondary N) is 1. The van der Waals surface area contributed by atoms with Gasteiger partial charge in [-0.05, 0) is 49.2 Å². The summed E-state index contributed by atoms with van der Waals surface area (Å²) in [6.07, 6.45) is 0. The average molecular weight is 352 g/mol. The van der Waals surface area contributed by atoms with Crippen molar-refractivity contribution in [3.05, 3.63) is 64.7 Å². The Balaban J connectivity index is 2.11. The first-order valence-corrected chi connectivity index (χ1v) is 9.21. The molecule has 0 spiro atoms. The van der Waals surface area contributed by atoms with E-state index in [2.05, 4.69) is 5.32 Å². The van der Waals surface area contributed by atoms with Gasteiger partial charge in [-0.3, -0.25) is 4.79 Å². The fourth-order valence-corrected chi connectivity index (χ4v) is 3.57. The second-order valence-electron chi connectivity index (χ2n) is 5.37. The summed E-state index contributed by atoms with van der Waals surface area (Å²) in [7, 11) is -3.60. The maximum atomic E-state index is 12.5. The van der Waals surface area contributed by atoms with E-state index in [1.807, 2.05) is 19.1 Å². The second-order valence-corrected chi connectivity index (χ2v) is 8.13. The highest BCUT2D eigenvalue weighted by atomic mass is 35.5. The zero-order valence-corrected chi connectivity index (χ0v) is 14.5. The minimum Gasteiger partial charge on any atom is -0.325 e. The second kappa shape index (κ2) is 7.15. The molecule has 0 bridgehead atoms. The molecule has 1 amide bonds. The van der Waals surface area contributed by atoms with Gasteiger partial charge in [0.2, 0.25) is 5.91 Å². The molecular formula is C17H18ClNO3S. The van der Waals surface area contributed by atoms with Gasteiger partial charge >= 0.3 is 0 Å². The average Bonchev–Trinajstić information content (AvgIpc) is 2.51. The number of halogens is 1. The molecule has 4 nitrogen and oxygen atoms in total. The van der Waals surface area contributed by atoms with E-state index >= 15 is 0 Å². The van der Waals surface area contributed by atoms with Gasteiger partial charge in [-0.2, -0.15) is 0 Å². The molecule has 0 aliphatic carbocycles. The van der Waals surface area contributed by atoms with Crippen molar-refractivity contribution in [1.29, 1.82) is 0 Å². The Morgan fingerprint density at radius 2 is 1.74 bits per heavy atom. The highest BCUT2D eigenvalue weighted by Crippen LogP contribution is 2.18. The van der Waals surface area contributed by atoms with Gasteiger partial charge in [-0.1, -0.05) is 35.9 Å². The molecule has 0 aliphatic rings. The summed E-state index contributed by atoms with van der Waals surface area (Å²) in [4.78, 5) is 12.2. The normalized spacial score (nSPS) is 12.7. The van der Waals surface area contributed by atoms with Crippen LogP contribution in [0.5, 0.6) is 0 Å². The van der Waals surface area contributed by atoms with Gasteiger partial charge < -0.3 is 5.32 Å². The number of benzene rings is 2. The van der Waals surface area contributed by atoms with E-state index in [4.69, 9.17) is 11.6 Å². The van der Waals surface area contributed by atoms with Crippen molar-refractivity contribution in [3.8, 4) is 0 Å². The zero-order chi connectivity index (χ0) is 17.0. The molecule has 23 heavy (non-hydrogen) atoms. The SMILES string of the molecule is Cc1ccccc1CS(=O)(=O)[C@H](C)C(=O)Nc1ccc(Cl)cc1. The third kappa shape index (κ3) is 4.56. The predicted octanol–water partition coefficient (Wildman–Crippen LogP) is 3.59. The number of amides is 1. The van der Waals surface area contributed by atoms with E-state index in [9.17, 15) is 13.2 Å². The lowest BCUT2D eigenvalue weighted by atomic mass is 10.1. The molecule has 1 N–H and O–H groups in total. The fraction of sp³-hybridized carbons (Fsp3) is 0.235. The molecule has 2 aromatic rings. The van der Waals surface area contributed by atoms with Crippen molar-refractivity contribution in [2.24, 2.45) is 0 Å². The summed E-state index contributed by atoms with van der Waals surface area (Å²) in [6, 6.07) is 13.8. The number of carbonyl (C=O) groups is 1. The van der Waals surface area contributed by atoms with Crippen molar-refractivity contribution in [2.45, 2.75) is 24.9 Å². The van der Waals surface area contributed by atoms with E-state index in [0.717, 1.165) is 5.56 Å². The maximum Gasteiger partial charge on any atom is 0.242 e. The van der Waals surface area contributed by atoms with Crippen LogP contribution in [0.3, 0.4) is 0 Å². The standard InChI is InChI=1S/C17H18ClNO3S/c1-12-5-3-4-6-14(12)11-23(21,22)13(2)17(20)19-16-9-7-15(18)8-10-16/h3-10,13H,11H2,1-2H3,(H,19,20)/t13-/m1/s1. The van der Waals surface area contributed by atoms with Crippen LogP contribution in [0.25, 0.3) is 0 Å². The maximum absolute atomic E-state index is 12.5. The van der Waals surface area contributed by atoms with Crippen LogP contribution in [-0.4, -0.2) is 19.6 Å². The number of sulfone groups is 1. The van der Waals surface area contributed by atoms with Gasteiger partial charge in [0.05, 0.1) is 5.75 Å². The van der Waals surface area contributed by atoms with Crippen LogP contribution in [-0.2, 0) is 20.4 Å². The van der Waals surface area contributed by atoms with Gasteiger partial charge in [-0.15, -0.1) is 0 Å². The van der Waals surface area contributed by atoms with Gasteiger partial charge in [0, 0.05) is 10.7 Å². The van der Waals surface area contributed by atoms with Crippen LogP contribution >= 0.6 is 11.6 Å². The van der Waals surface area contributed by atoms with E-state index in [1.54, 1.807) is 36.4 Å². The van der Waals surface area contributed by atoms with Gasteiger partial charge in [0.1, 0.15) is 5.25 Å². The summed E-state index contributed by atoms with van der Waals surface area (Å²) in [5.41, 5.74) is 2.11. The lowest BCUT2D eigenvalue weighted by Crippen LogP contribution is -2.33. The minimum absolute atomic E-state index is 0.158. The molecule has 2 aromatic carbocycles. The zero-order valence-electron chi connectivity index (χ0n) is 12.9. The van der Waals surface area contributed by atoms with E-state index in [0.29, 0.717) is 16.3 Å². The first-order valence-electron chi connectivity index (χ1n) is 7.12. The predicted molar refractivity (Wildman–Crippen MR) is 93.3 cm³/mol. The Morgan fingerprint density at radius 3 is 2.35 bits per heavy atom. The smallest absolute Gasteiger partial charge is 0.242 e. The van der Waals surface area contributed by atoms with Crippen molar-refractivity contribution >= 4 is 33.0 Å². The van der Waals surface area contributed by atoms with E-state index < -0.39 is 21.0 Å². The highest BCUT2D eigenvalue weighted by Gasteiger charge is 2.28. The summed E-state index contributed by atoms with van der Waals surface area (Å²) in [6.45, 7) is 3.25. The number of rotatable bonds is 5. The molecule has 2 rings (SSSR count). The molecule has 6 heteroatoms. The number of aryl methyl sites for hydroxylation is 1. The third-order valence-electron chi connectivity index (χ3n) is 3.64. The fourth-order valence-electron chi connectivity index (χ4n) is 2.05. The summed E-state index contributed by atoms with van der Waals surface area (Å²) < 4.78 is 24.9. The van der Waals surface area contributed by atoms with E-state index in [-0.39, 0.29) is 5.75 Å². The summed E-state index contributed by atoms with van der Waals surface area (Å²) >= 11 is 5.78. The largest absolute Gasteiger partial charge is 0.325 e. The van der Waals surface area contributed by atoms with Gasteiger partial charge in [-0.25, -0.2) is 8.42 Å². The van der Waals surface area contributed by atoms with Crippen LogP contribution in [0, 0.1) is 6.92 Å². The third-order valence-corrected chi connectivity index (χ3v) is 5.89. The van der Waals surface area contributed by atoms with E-state index in [1.165, 1.54) is 6.92 Å². The number of hydrogen-bond acceptors (Lipinski definition) is 3. The highest BCUT2D eigenvalue weighted by molar-refractivity contribution is 7.92. The van der Waals surface area contributed by atoms with Crippen molar-refractivity contribution in [1.82, 2.24) is 0 Å². The molecule has 0 aromatic heterocycles. The molecule has 0 saturated carbocycles. The molecular weight excluding hydrogens is 334 g/mol. The molecule has 1 atom stereocenters. The lowest BCUT2D eigenvalue weighted by Gasteiger charge is -2.14. The Morgan fingerprint density at radius 1 is 1.13 bits per heavy atom. The first-order chi connectivity index (χ1) is 10.8. The Kier molecular flexibility index (Phi) is 5.44. The molecule has 0 radical (unpaired) electrons. The molecule has 0 aliphatic heterocycles. The monoisotopic (exact) mass is 351 g/mol. The number of hydrogen-bond donors (Lipinski definition) is 1. The summed E-state index contributed by atoms with van der Waals surface area (Å²) in [5.74, 6) is -0.713. The van der Waals surface area contributed by atoms with Crippen LogP contribution in [0.15, 0.2) is 48.5 Å². The quantitative estimate of drug-likeness (QED) is 0.895. The Hall–Kier alpha value is -1.85. The summed E-state index contributed by atoms with van der Waals surface area (Å²) in [5, 5.41) is 2.00. The first kappa shape index (κ1) is 17.5. The number of anilines is 1. The van der Waals surface area contributed by atoms with Gasteiger partial charge in [0.15, 0.2) is 9.84 Å². The minimum atomic E-state index is -3.60. The van der Waals surface area contributed by atoms with Crippen molar-refractivity contribution in [3.63, 3.8) is 0 Å². The molecule has 0 heterocycles.